The van der Waals surface area contributed by atoms with Crippen LogP contribution in [-0.2, 0) is 9.84 Å². The van der Waals surface area contributed by atoms with Crippen LogP contribution in [0.4, 0.5) is 5.88 Å². The summed E-state index contributed by atoms with van der Waals surface area (Å²) >= 11 is 3.33. The van der Waals surface area contributed by atoms with Crippen LogP contribution in [0, 0.1) is 6.92 Å². The van der Waals surface area contributed by atoms with Gasteiger partial charge >= 0.3 is 0 Å². The number of halogens is 1. The summed E-state index contributed by atoms with van der Waals surface area (Å²) in [6, 6.07) is 14.1. The molecule has 0 amide bonds. The molecule has 0 spiro atoms. The van der Waals surface area contributed by atoms with Crippen molar-refractivity contribution in [1.29, 1.82) is 0 Å². The summed E-state index contributed by atoms with van der Waals surface area (Å²) in [6.45, 7) is 3.44. The minimum atomic E-state index is -3.83. The molecule has 3 aromatic rings. The van der Waals surface area contributed by atoms with Crippen molar-refractivity contribution in [3.05, 3.63) is 58.6 Å². The zero-order valence-corrected chi connectivity index (χ0v) is 19.0. The maximum atomic E-state index is 13.2. The highest BCUT2D eigenvalue weighted by Gasteiger charge is 2.28. The van der Waals surface area contributed by atoms with E-state index in [1.807, 2.05) is 45.3 Å². The van der Waals surface area contributed by atoms with E-state index < -0.39 is 9.84 Å². The SMILES string of the molecule is Cc1ccc(-c2nc(S(=O)(=O)c3ccc(Br)cc3)c(NCCCN(C)C)o2)cc1. The van der Waals surface area contributed by atoms with Crippen molar-refractivity contribution < 1.29 is 12.8 Å². The molecule has 8 heteroatoms. The molecule has 2 aromatic carbocycles. The number of benzene rings is 2. The van der Waals surface area contributed by atoms with Gasteiger partial charge in [0.25, 0.3) is 0 Å². The molecule has 0 fully saturated rings. The van der Waals surface area contributed by atoms with E-state index in [9.17, 15) is 8.42 Å². The van der Waals surface area contributed by atoms with Gasteiger partial charge in [0.15, 0.2) is 0 Å². The topological polar surface area (TPSA) is 75.4 Å². The first-order chi connectivity index (χ1) is 13.8. The van der Waals surface area contributed by atoms with E-state index in [1.165, 1.54) is 0 Å². The van der Waals surface area contributed by atoms with Crippen LogP contribution >= 0.6 is 15.9 Å². The molecule has 1 N–H and O–H groups in total. The number of oxazole rings is 1. The van der Waals surface area contributed by atoms with E-state index >= 15 is 0 Å². The molecule has 0 unspecified atom stereocenters. The zero-order chi connectivity index (χ0) is 21.0. The Kier molecular flexibility index (Phi) is 6.77. The minimum absolute atomic E-state index is 0.0970. The van der Waals surface area contributed by atoms with Crippen LogP contribution in [0.2, 0.25) is 0 Å². The van der Waals surface area contributed by atoms with E-state index in [-0.39, 0.29) is 21.7 Å². The van der Waals surface area contributed by atoms with Gasteiger partial charge in [-0.25, -0.2) is 8.42 Å². The van der Waals surface area contributed by atoms with Crippen molar-refractivity contribution in [2.75, 3.05) is 32.5 Å². The molecule has 0 aliphatic rings. The van der Waals surface area contributed by atoms with Crippen molar-refractivity contribution in [3.8, 4) is 11.5 Å². The summed E-state index contributed by atoms with van der Waals surface area (Å²) in [5, 5.41) is 3.02. The molecule has 0 aliphatic heterocycles. The largest absolute Gasteiger partial charge is 0.419 e. The highest BCUT2D eigenvalue weighted by molar-refractivity contribution is 9.10. The Morgan fingerprint density at radius 2 is 1.72 bits per heavy atom. The fraction of sp³-hybridized carbons (Fsp3) is 0.286. The number of rotatable bonds is 8. The Labute approximate surface area is 180 Å². The summed E-state index contributed by atoms with van der Waals surface area (Å²) in [7, 11) is 0.153. The smallest absolute Gasteiger partial charge is 0.233 e. The third-order valence-electron chi connectivity index (χ3n) is 4.34. The molecule has 0 saturated heterocycles. The highest BCUT2D eigenvalue weighted by Crippen LogP contribution is 2.32. The summed E-state index contributed by atoms with van der Waals surface area (Å²) in [6.07, 6.45) is 0.839. The molecule has 3 rings (SSSR count). The van der Waals surface area contributed by atoms with Crippen LogP contribution < -0.4 is 5.32 Å². The van der Waals surface area contributed by atoms with Gasteiger partial charge in [-0.15, -0.1) is 0 Å². The van der Waals surface area contributed by atoms with Crippen LogP contribution in [0.1, 0.15) is 12.0 Å². The van der Waals surface area contributed by atoms with Crippen LogP contribution in [0.15, 0.2) is 67.3 Å². The van der Waals surface area contributed by atoms with Crippen LogP contribution in [0.3, 0.4) is 0 Å². The molecule has 0 aliphatic carbocycles. The van der Waals surface area contributed by atoms with Crippen molar-refractivity contribution in [3.63, 3.8) is 0 Å². The van der Waals surface area contributed by atoms with Crippen molar-refractivity contribution in [2.45, 2.75) is 23.3 Å². The predicted molar refractivity (Wildman–Crippen MR) is 118 cm³/mol. The Morgan fingerprint density at radius 3 is 2.34 bits per heavy atom. The molecule has 0 bridgehead atoms. The quantitative estimate of drug-likeness (QED) is 0.477. The third-order valence-corrected chi connectivity index (χ3v) is 6.55. The molecular formula is C21H24BrN3O3S. The molecule has 154 valence electrons. The molecule has 0 radical (unpaired) electrons. The van der Waals surface area contributed by atoms with Gasteiger partial charge in [-0.1, -0.05) is 33.6 Å². The van der Waals surface area contributed by atoms with Gasteiger partial charge in [0, 0.05) is 16.6 Å². The van der Waals surface area contributed by atoms with Crippen molar-refractivity contribution >= 4 is 31.7 Å². The summed E-state index contributed by atoms with van der Waals surface area (Å²) in [4.78, 5) is 6.59. The van der Waals surface area contributed by atoms with Gasteiger partial charge in [0.1, 0.15) is 0 Å². The second-order valence-electron chi connectivity index (χ2n) is 7.06. The number of sulfone groups is 1. The monoisotopic (exact) mass is 477 g/mol. The lowest BCUT2D eigenvalue weighted by atomic mass is 10.1. The Morgan fingerprint density at radius 1 is 1.07 bits per heavy atom. The maximum Gasteiger partial charge on any atom is 0.233 e. The Bertz CT molecular complexity index is 1060. The first-order valence-electron chi connectivity index (χ1n) is 9.24. The second kappa shape index (κ2) is 9.11. The summed E-state index contributed by atoms with van der Waals surface area (Å²) in [5.74, 6) is 0.443. The highest BCUT2D eigenvalue weighted by atomic mass is 79.9. The van der Waals surface area contributed by atoms with E-state index in [1.54, 1.807) is 24.3 Å². The number of nitrogens with one attached hydrogen (secondary N) is 1. The number of nitrogens with zero attached hydrogens (tertiary/aromatic N) is 2. The van der Waals surface area contributed by atoms with Crippen LogP contribution in [-0.4, -0.2) is 45.5 Å². The molecule has 29 heavy (non-hydrogen) atoms. The number of aryl methyl sites for hydroxylation is 1. The van der Waals surface area contributed by atoms with Crippen molar-refractivity contribution in [2.24, 2.45) is 0 Å². The fourth-order valence-corrected chi connectivity index (χ4v) is 4.29. The number of hydrogen-bond acceptors (Lipinski definition) is 6. The van der Waals surface area contributed by atoms with Gasteiger partial charge in [-0.2, -0.15) is 4.98 Å². The molecule has 6 nitrogen and oxygen atoms in total. The lowest BCUT2D eigenvalue weighted by Crippen LogP contribution is -2.17. The maximum absolute atomic E-state index is 13.2. The first kappa shape index (κ1) is 21.5. The van der Waals surface area contributed by atoms with Gasteiger partial charge in [0.05, 0.1) is 4.90 Å². The normalized spacial score (nSPS) is 11.8. The number of aromatic nitrogens is 1. The molecule has 1 heterocycles. The fourth-order valence-electron chi connectivity index (χ4n) is 2.74. The van der Waals surface area contributed by atoms with Crippen LogP contribution in [0.5, 0.6) is 0 Å². The average Bonchev–Trinajstić information content (AvgIpc) is 3.11. The molecular weight excluding hydrogens is 454 g/mol. The van der Waals surface area contributed by atoms with Gasteiger partial charge < -0.3 is 14.6 Å². The van der Waals surface area contributed by atoms with Crippen LogP contribution in [0.25, 0.3) is 11.5 Å². The predicted octanol–water partition coefficient (Wildman–Crippen LogP) is 4.61. The Hall–Kier alpha value is -2.16. The number of anilines is 1. The minimum Gasteiger partial charge on any atom is -0.419 e. The lowest BCUT2D eigenvalue weighted by Gasteiger charge is -2.10. The number of hydrogen-bond donors (Lipinski definition) is 1. The van der Waals surface area contributed by atoms with Gasteiger partial charge in [0.2, 0.25) is 26.6 Å². The van der Waals surface area contributed by atoms with E-state index in [0.29, 0.717) is 6.54 Å². The van der Waals surface area contributed by atoms with Gasteiger partial charge in [-0.05, 0) is 70.4 Å². The summed E-state index contributed by atoms with van der Waals surface area (Å²) in [5.41, 5.74) is 1.83. The lowest BCUT2D eigenvalue weighted by molar-refractivity contribution is 0.404. The molecule has 1 aromatic heterocycles. The standard InChI is InChI=1S/C21H24BrN3O3S/c1-15-5-7-16(8-6-15)19-24-21(20(28-19)23-13-4-14-25(2)3)29(26,27)18-11-9-17(22)10-12-18/h5-12,23H,4,13-14H2,1-3H3. The zero-order valence-electron chi connectivity index (χ0n) is 16.6. The molecule has 0 atom stereocenters. The Balaban J connectivity index is 1.98. The van der Waals surface area contributed by atoms with E-state index in [2.05, 4.69) is 31.1 Å². The average molecular weight is 478 g/mol. The van der Waals surface area contributed by atoms with Crippen molar-refractivity contribution in [1.82, 2.24) is 9.88 Å². The third kappa shape index (κ3) is 5.26. The summed E-state index contributed by atoms with van der Waals surface area (Å²) < 4.78 is 33.1. The van der Waals surface area contributed by atoms with Gasteiger partial charge in [-0.3, -0.25) is 0 Å². The molecule has 0 saturated carbocycles. The second-order valence-corrected chi connectivity index (χ2v) is 9.84. The first-order valence-corrected chi connectivity index (χ1v) is 11.5. The van der Waals surface area contributed by atoms with E-state index in [0.717, 1.165) is 28.6 Å². The van der Waals surface area contributed by atoms with E-state index in [4.69, 9.17) is 4.42 Å².